The third-order valence-corrected chi connectivity index (χ3v) is 4.23. The number of aryl methyl sites for hydroxylation is 1. The number of aromatic nitrogens is 1. The van der Waals surface area contributed by atoms with Gasteiger partial charge in [0, 0.05) is 25.4 Å². The van der Waals surface area contributed by atoms with Gasteiger partial charge in [-0.2, -0.15) is 13.2 Å². The predicted octanol–water partition coefficient (Wildman–Crippen LogP) is 3.26. The summed E-state index contributed by atoms with van der Waals surface area (Å²) in [4.78, 5) is 8.50. The van der Waals surface area contributed by atoms with Gasteiger partial charge >= 0.3 is 6.18 Å². The Balaban J connectivity index is 1.65. The Morgan fingerprint density at radius 3 is 2.46 bits per heavy atom. The molecule has 5 nitrogen and oxygen atoms in total. The van der Waals surface area contributed by atoms with Crippen molar-refractivity contribution in [2.75, 3.05) is 26.7 Å². The molecular weight excluding hydrogens is 365 g/mol. The van der Waals surface area contributed by atoms with E-state index >= 15 is 0 Å². The molecule has 0 aliphatic carbocycles. The minimum atomic E-state index is -4.34. The van der Waals surface area contributed by atoms with Crippen LogP contribution in [0.1, 0.15) is 16.3 Å². The molecule has 0 radical (unpaired) electrons. The fourth-order valence-corrected chi connectivity index (χ4v) is 2.78. The normalized spacial score (nSPS) is 12.1. The van der Waals surface area contributed by atoms with Crippen LogP contribution in [-0.4, -0.2) is 37.7 Å². The number of guanidine groups is 1. The first-order valence-corrected chi connectivity index (χ1v) is 8.92. The number of halogens is 3. The van der Waals surface area contributed by atoms with E-state index in [4.69, 9.17) is 4.74 Å². The summed E-state index contributed by atoms with van der Waals surface area (Å²) in [6.45, 7) is 3.44. The van der Waals surface area contributed by atoms with Gasteiger partial charge in [0.1, 0.15) is 12.4 Å². The highest BCUT2D eigenvalue weighted by atomic mass is 32.1. The van der Waals surface area contributed by atoms with E-state index in [2.05, 4.69) is 20.6 Å². The van der Waals surface area contributed by atoms with Crippen molar-refractivity contribution in [2.45, 2.75) is 19.5 Å². The smallest absolute Gasteiger partial charge is 0.416 e. The SMILES string of the molecule is CN=C(NCCOc1ccc(C(F)(F)F)cc1)NCCc1csc(C)n1. The summed E-state index contributed by atoms with van der Waals surface area (Å²) in [5.41, 5.74) is 0.351. The molecule has 2 rings (SSSR count). The zero-order valence-corrected chi connectivity index (χ0v) is 15.4. The first kappa shape index (κ1) is 20.0. The first-order valence-electron chi connectivity index (χ1n) is 8.04. The average Bonchev–Trinajstić information content (AvgIpc) is 3.02. The van der Waals surface area contributed by atoms with Gasteiger partial charge in [-0.25, -0.2) is 4.98 Å². The Morgan fingerprint density at radius 1 is 1.19 bits per heavy atom. The predicted molar refractivity (Wildman–Crippen MR) is 96.9 cm³/mol. The molecule has 0 aliphatic rings. The fraction of sp³-hybridized carbons (Fsp3) is 0.412. The number of hydrogen-bond donors (Lipinski definition) is 2. The second kappa shape index (κ2) is 9.42. The van der Waals surface area contributed by atoms with Gasteiger partial charge in [-0.3, -0.25) is 4.99 Å². The Bertz CT molecular complexity index is 714. The van der Waals surface area contributed by atoms with Crippen LogP contribution in [0.25, 0.3) is 0 Å². The molecule has 9 heteroatoms. The van der Waals surface area contributed by atoms with Crippen LogP contribution in [0.4, 0.5) is 13.2 Å². The van der Waals surface area contributed by atoms with E-state index in [0.29, 0.717) is 31.4 Å². The van der Waals surface area contributed by atoms with E-state index in [-0.39, 0.29) is 0 Å². The molecule has 0 bridgehead atoms. The molecule has 142 valence electrons. The van der Waals surface area contributed by atoms with Crippen molar-refractivity contribution in [1.82, 2.24) is 15.6 Å². The monoisotopic (exact) mass is 386 g/mol. The molecular formula is C17H21F3N4OS. The van der Waals surface area contributed by atoms with Crippen LogP contribution in [0.15, 0.2) is 34.6 Å². The van der Waals surface area contributed by atoms with E-state index in [1.165, 1.54) is 12.1 Å². The van der Waals surface area contributed by atoms with E-state index in [1.807, 2.05) is 12.3 Å². The molecule has 0 saturated heterocycles. The maximum absolute atomic E-state index is 12.5. The summed E-state index contributed by atoms with van der Waals surface area (Å²) >= 11 is 1.62. The van der Waals surface area contributed by atoms with Crippen LogP contribution in [0.5, 0.6) is 5.75 Å². The van der Waals surface area contributed by atoms with E-state index in [0.717, 1.165) is 29.3 Å². The number of alkyl halides is 3. The van der Waals surface area contributed by atoms with Crippen LogP contribution in [0.2, 0.25) is 0 Å². The van der Waals surface area contributed by atoms with Crippen molar-refractivity contribution in [3.8, 4) is 5.75 Å². The number of ether oxygens (including phenoxy) is 1. The minimum Gasteiger partial charge on any atom is -0.492 e. The lowest BCUT2D eigenvalue weighted by Crippen LogP contribution is -2.40. The number of rotatable bonds is 7. The molecule has 2 aromatic rings. The molecule has 26 heavy (non-hydrogen) atoms. The first-order chi connectivity index (χ1) is 12.4. The molecule has 0 aliphatic heterocycles. The van der Waals surface area contributed by atoms with Gasteiger partial charge in [0.2, 0.25) is 0 Å². The largest absolute Gasteiger partial charge is 0.492 e. The number of thiazole rings is 1. The molecule has 0 unspecified atom stereocenters. The van der Waals surface area contributed by atoms with Crippen LogP contribution in [0, 0.1) is 6.92 Å². The van der Waals surface area contributed by atoms with Crippen molar-refractivity contribution in [3.05, 3.63) is 45.9 Å². The second-order valence-corrected chi connectivity index (χ2v) is 6.47. The Hall–Kier alpha value is -2.29. The van der Waals surface area contributed by atoms with Crippen LogP contribution >= 0.6 is 11.3 Å². The fourth-order valence-electron chi connectivity index (χ4n) is 2.13. The second-order valence-electron chi connectivity index (χ2n) is 5.40. The maximum Gasteiger partial charge on any atom is 0.416 e. The summed E-state index contributed by atoms with van der Waals surface area (Å²) in [6, 6.07) is 4.63. The van der Waals surface area contributed by atoms with E-state index in [1.54, 1.807) is 18.4 Å². The molecule has 1 heterocycles. The molecule has 0 fully saturated rings. The highest BCUT2D eigenvalue weighted by Crippen LogP contribution is 2.30. The number of hydrogen-bond acceptors (Lipinski definition) is 4. The average molecular weight is 386 g/mol. The highest BCUT2D eigenvalue weighted by Gasteiger charge is 2.29. The molecule has 1 aromatic heterocycles. The number of nitrogens with one attached hydrogen (secondary N) is 2. The Labute approximate surface area is 154 Å². The van der Waals surface area contributed by atoms with Crippen molar-refractivity contribution < 1.29 is 17.9 Å². The molecule has 0 saturated carbocycles. The molecule has 0 amide bonds. The Kier molecular flexibility index (Phi) is 7.26. The number of nitrogens with zero attached hydrogens (tertiary/aromatic N) is 2. The van der Waals surface area contributed by atoms with Crippen LogP contribution in [-0.2, 0) is 12.6 Å². The van der Waals surface area contributed by atoms with Gasteiger partial charge in [0.15, 0.2) is 5.96 Å². The minimum absolute atomic E-state index is 0.303. The van der Waals surface area contributed by atoms with Crippen LogP contribution < -0.4 is 15.4 Å². The molecule has 0 spiro atoms. The third-order valence-electron chi connectivity index (χ3n) is 3.41. The van der Waals surface area contributed by atoms with Gasteiger partial charge in [-0.05, 0) is 31.2 Å². The van der Waals surface area contributed by atoms with Gasteiger partial charge in [-0.15, -0.1) is 11.3 Å². The van der Waals surface area contributed by atoms with Gasteiger partial charge in [0.25, 0.3) is 0 Å². The summed E-state index contributed by atoms with van der Waals surface area (Å²) in [7, 11) is 1.67. The van der Waals surface area contributed by atoms with E-state index in [9.17, 15) is 13.2 Å². The lowest BCUT2D eigenvalue weighted by molar-refractivity contribution is -0.137. The summed E-state index contributed by atoms with van der Waals surface area (Å²) in [5.74, 6) is 1.02. The van der Waals surface area contributed by atoms with Crippen molar-refractivity contribution in [3.63, 3.8) is 0 Å². The van der Waals surface area contributed by atoms with Crippen molar-refractivity contribution in [2.24, 2.45) is 4.99 Å². The standard InChI is InChI=1S/C17H21F3N4OS/c1-12-24-14(11-26-12)7-8-22-16(21-2)23-9-10-25-15-5-3-13(4-6-15)17(18,19)20/h3-6,11H,7-10H2,1-2H3,(H2,21,22,23). The quantitative estimate of drug-likeness (QED) is 0.436. The van der Waals surface area contributed by atoms with E-state index < -0.39 is 11.7 Å². The number of benzene rings is 1. The highest BCUT2D eigenvalue weighted by molar-refractivity contribution is 7.09. The third kappa shape index (κ3) is 6.55. The summed E-state index contributed by atoms with van der Waals surface area (Å²) in [5, 5.41) is 9.33. The van der Waals surface area contributed by atoms with Crippen molar-refractivity contribution >= 4 is 17.3 Å². The van der Waals surface area contributed by atoms with Crippen molar-refractivity contribution in [1.29, 1.82) is 0 Å². The maximum atomic E-state index is 12.5. The van der Waals surface area contributed by atoms with Gasteiger partial charge in [-0.1, -0.05) is 0 Å². The zero-order valence-electron chi connectivity index (χ0n) is 14.6. The van der Waals surface area contributed by atoms with Crippen LogP contribution in [0.3, 0.4) is 0 Å². The Morgan fingerprint density at radius 2 is 1.88 bits per heavy atom. The molecule has 0 atom stereocenters. The van der Waals surface area contributed by atoms with Gasteiger partial charge < -0.3 is 15.4 Å². The topological polar surface area (TPSA) is 58.5 Å². The lowest BCUT2D eigenvalue weighted by atomic mass is 10.2. The molecule has 1 aromatic carbocycles. The van der Waals surface area contributed by atoms with Gasteiger partial charge in [0.05, 0.1) is 22.8 Å². The summed E-state index contributed by atoms with van der Waals surface area (Å²) in [6.07, 6.45) is -3.54. The number of aliphatic imine (C=N–C) groups is 1. The summed E-state index contributed by atoms with van der Waals surface area (Å²) < 4.78 is 42.9. The molecule has 2 N–H and O–H groups in total. The lowest BCUT2D eigenvalue weighted by Gasteiger charge is -2.12. The zero-order chi connectivity index (χ0) is 19.0.